The average Bonchev–Trinajstić information content (AvgIpc) is 2.83. The van der Waals surface area contributed by atoms with Crippen molar-refractivity contribution < 1.29 is 0 Å². The number of piperazine rings is 1. The quantitative estimate of drug-likeness (QED) is 0.806. The van der Waals surface area contributed by atoms with Crippen molar-refractivity contribution >= 4 is 0 Å². The van der Waals surface area contributed by atoms with Crippen LogP contribution in [0, 0.1) is 0 Å². The summed E-state index contributed by atoms with van der Waals surface area (Å²) < 4.78 is 0. The number of rotatable bonds is 2. The summed E-state index contributed by atoms with van der Waals surface area (Å²) in [5.74, 6) is 0. The van der Waals surface area contributed by atoms with Gasteiger partial charge in [-0.2, -0.15) is 0 Å². The molecule has 4 atom stereocenters. The van der Waals surface area contributed by atoms with Crippen LogP contribution in [0.4, 0.5) is 0 Å². The van der Waals surface area contributed by atoms with Gasteiger partial charge in [0.2, 0.25) is 0 Å². The molecule has 0 bridgehead atoms. The largest absolute Gasteiger partial charge is 0.311 e. The summed E-state index contributed by atoms with van der Waals surface area (Å²) in [6, 6.07) is 3.16. The molecule has 3 aliphatic heterocycles. The molecule has 0 aromatic carbocycles. The molecule has 1 N–H and O–H groups in total. The van der Waals surface area contributed by atoms with E-state index in [1.54, 1.807) is 0 Å². The Balaban J connectivity index is 1.69. The van der Waals surface area contributed by atoms with Crippen molar-refractivity contribution in [3.63, 3.8) is 0 Å². The zero-order valence-electron chi connectivity index (χ0n) is 12.1. The number of fused-ring (bicyclic) bond motifs is 1. The molecule has 0 amide bonds. The summed E-state index contributed by atoms with van der Waals surface area (Å²) in [7, 11) is 0. The summed E-state index contributed by atoms with van der Waals surface area (Å²) in [6.45, 7) is 9.88. The molecule has 104 valence electrons. The van der Waals surface area contributed by atoms with E-state index in [0.717, 1.165) is 24.2 Å². The Kier molecular flexibility index (Phi) is 3.92. The first kappa shape index (κ1) is 12.9. The van der Waals surface area contributed by atoms with Crippen molar-refractivity contribution in [2.45, 2.75) is 70.1 Å². The van der Waals surface area contributed by atoms with Crippen LogP contribution >= 0.6 is 0 Å². The van der Waals surface area contributed by atoms with Crippen LogP contribution in [0.5, 0.6) is 0 Å². The molecular formula is C15H29N3. The van der Waals surface area contributed by atoms with Gasteiger partial charge in [-0.05, 0) is 39.2 Å². The molecule has 0 aromatic heterocycles. The van der Waals surface area contributed by atoms with Crippen molar-refractivity contribution in [3.05, 3.63) is 0 Å². The molecule has 4 unspecified atom stereocenters. The van der Waals surface area contributed by atoms with E-state index in [0.29, 0.717) is 0 Å². The van der Waals surface area contributed by atoms with Gasteiger partial charge in [0.25, 0.3) is 0 Å². The van der Waals surface area contributed by atoms with Crippen molar-refractivity contribution in [1.29, 1.82) is 0 Å². The van der Waals surface area contributed by atoms with E-state index in [4.69, 9.17) is 0 Å². The molecule has 18 heavy (non-hydrogen) atoms. The fraction of sp³-hybridized carbons (Fsp3) is 1.00. The smallest absolute Gasteiger partial charge is 0.0267 e. The monoisotopic (exact) mass is 251 g/mol. The second-order valence-corrected chi connectivity index (χ2v) is 6.51. The highest BCUT2D eigenvalue weighted by Gasteiger charge is 2.41. The van der Waals surface area contributed by atoms with Crippen LogP contribution < -0.4 is 5.32 Å². The number of hydrogen-bond acceptors (Lipinski definition) is 3. The minimum Gasteiger partial charge on any atom is -0.311 e. The highest BCUT2D eigenvalue weighted by atomic mass is 15.3. The molecule has 3 rings (SSSR count). The molecule has 0 aromatic rings. The number of nitrogens with one attached hydrogen (secondary N) is 1. The standard InChI is InChI=1S/C15H29N3/c1-3-13-11-18(12(2)10-16-13)15-7-9-17-8-5-4-6-14(15)17/h12-16H,3-11H2,1-2H3. The Hall–Kier alpha value is -0.120. The highest BCUT2D eigenvalue weighted by Crippen LogP contribution is 2.32. The van der Waals surface area contributed by atoms with Crippen LogP contribution in [0.1, 0.15) is 46.0 Å². The summed E-state index contributed by atoms with van der Waals surface area (Å²) in [6.07, 6.45) is 7.00. The SMILES string of the molecule is CCC1CN(C2CCN3CCCCC23)C(C)CN1. The topological polar surface area (TPSA) is 18.5 Å². The Morgan fingerprint density at radius 3 is 2.83 bits per heavy atom. The lowest BCUT2D eigenvalue weighted by atomic mass is 9.95. The molecule has 3 heterocycles. The van der Waals surface area contributed by atoms with Gasteiger partial charge in [0.15, 0.2) is 0 Å². The molecule has 3 nitrogen and oxygen atoms in total. The Labute approximate surface area is 112 Å². The second kappa shape index (κ2) is 5.48. The molecule has 3 saturated heterocycles. The molecule has 0 radical (unpaired) electrons. The van der Waals surface area contributed by atoms with Crippen LogP contribution in [-0.2, 0) is 0 Å². The lowest BCUT2D eigenvalue weighted by Gasteiger charge is -2.45. The second-order valence-electron chi connectivity index (χ2n) is 6.51. The minimum absolute atomic E-state index is 0.721. The van der Waals surface area contributed by atoms with Gasteiger partial charge >= 0.3 is 0 Å². The van der Waals surface area contributed by atoms with Gasteiger partial charge in [0.05, 0.1) is 0 Å². The first-order chi connectivity index (χ1) is 8.79. The fourth-order valence-electron chi connectivity index (χ4n) is 4.30. The fourth-order valence-corrected chi connectivity index (χ4v) is 4.30. The zero-order chi connectivity index (χ0) is 12.5. The van der Waals surface area contributed by atoms with Crippen LogP contribution in [0.25, 0.3) is 0 Å². The molecular weight excluding hydrogens is 222 g/mol. The molecule has 3 aliphatic rings. The summed E-state index contributed by atoms with van der Waals surface area (Å²) >= 11 is 0. The first-order valence-electron chi connectivity index (χ1n) is 8.02. The molecule has 3 heteroatoms. The maximum absolute atomic E-state index is 3.69. The zero-order valence-corrected chi connectivity index (χ0v) is 12.1. The Morgan fingerprint density at radius 2 is 2.00 bits per heavy atom. The minimum atomic E-state index is 0.721. The van der Waals surface area contributed by atoms with Gasteiger partial charge in [0.1, 0.15) is 0 Å². The van der Waals surface area contributed by atoms with Gasteiger partial charge in [-0.15, -0.1) is 0 Å². The predicted molar refractivity (Wildman–Crippen MR) is 75.9 cm³/mol. The molecule has 0 saturated carbocycles. The third-order valence-corrected chi connectivity index (χ3v) is 5.44. The van der Waals surface area contributed by atoms with E-state index in [1.165, 1.54) is 58.3 Å². The third-order valence-electron chi connectivity index (χ3n) is 5.44. The van der Waals surface area contributed by atoms with Crippen molar-refractivity contribution in [1.82, 2.24) is 15.1 Å². The lowest BCUT2D eigenvalue weighted by Crippen LogP contribution is -2.60. The normalized spacial score (nSPS) is 43.0. The van der Waals surface area contributed by atoms with E-state index in [2.05, 4.69) is 29.0 Å². The van der Waals surface area contributed by atoms with E-state index in [9.17, 15) is 0 Å². The van der Waals surface area contributed by atoms with Crippen LogP contribution in [-0.4, -0.2) is 60.1 Å². The van der Waals surface area contributed by atoms with Crippen LogP contribution in [0.15, 0.2) is 0 Å². The Morgan fingerprint density at radius 1 is 1.11 bits per heavy atom. The molecule has 3 fully saturated rings. The molecule has 0 spiro atoms. The number of hydrogen-bond donors (Lipinski definition) is 1. The number of piperidine rings is 1. The Bertz CT molecular complexity index is 281. The summed E-state index contributed by atoms with van der Waals surface area (Å²) in [5.41, 5.74) is 0. The van der Waals surface area contributed by atoms with Gasteiger partial charge in [-0.1, -0.05) is 13.3 Å². The van der Waals surface area contributed by atoms with Crippen LogP contribution in [0.2, 0.25) is 0 Å². The summed E-state index contributed by atoms with van der Waals surface area (Å²) in [5, 5.41) is 3.69. The van der Waals surface area contributed by atoms with Gasteiger partial charge in [0, 0.05) is 43.8 Å². The van der Waals surface area contributed by atoms with Crippen LogP contribution in [0.3, 0.4) is 0 Å². The third kappa shape index (κ3) is 2.33. The van der Waals surface area contributed by atoms with E-state index in [1.807, 2.05) is 0 Å². The highest BCUT2D eigenvalue weighted by molar-refractivity contribution is 4.99. The van der Waals surface area contributed by atoms with Gasteiger partial charge in [-0.25, -0.2) is 0 Å². The van der Waals surface area contributed by atoms with E-state index >= 15 is 0 Å². The average molecular weight is 251 g/mol. The lowest BCUT2D eigenvalue weighted by molar-refractivity contribution is 0.0552. The van der Waals surface area contributed by atoms with E-state index < -0.39 is 0 Å². The molecule has 0 aliphatic carbocycles. The number of nitrogens with zero attached hydrogens (tertiary/aromatic N) is 2. The van der Waals surface area contributed by atoms with Crippen molar-refractivity contribution in [3.8, 4) is 0 Å². The van der Waals surface area contributed by atoms with Crippen molar-refractivity contribution in [2.24, 2.45) is 0 Å². The van der Waals surface area contributed by atoms with Gasteiger partial charge in [-0.3, -0.25) is 9.80 Å². The van der Waals surface area contributed by atoms with Crippen molar-refractivity contribution in [2.75, 3.05) is 26.2 Å². The maximum atomic E-state index is 3.69. The predicted octanol–water partition coefficient (Wildman–Crippen LogP) is 1.69. The first-order valence-corrected chi connectivity index (χ1v) is 8.02. The summed E-state index contributed by atoms with van der Waals surface area (Å²) in [4.78, 5) is 5.60. The maximum Gasteiger partial charge on any atom is 0.0267 e. The van der Waals surface area contributed by atoms with Gasteiger partial charge < -0.3 is 5.32 Å². The van der Waals surface area contributed by atoms with E-state index in [-0.39, 0.29) is 0 Å².